The van der Waals surface area contributed by atoms with Gasteiger partial charge in [0, 0.05) is 33.1 Å². The summed E-state index contributed by atoms with van der Waals surface area (Å²) in [7, 11) is 0. The normalized spacial score (nSPS) is 43.3. The Morgan fingerprint density at radius 2 is 1.51 bits per heavy atom. The van der Waals surface area contributed by atoms with Crippen LogP contribution in [-0.2, 0) is 42.9 Å². The van der Waals surface area contributed by atoms with Crippen molar-refractivity contribution in [3.05, 3.63) is 11.6 Å². The van der Waals surface area contributed by atoms with E-state index in [0.29, 0.717) is 12.0 Å². The van der Waals surface area contributed by atoms with Crippen molar-refractivity contribution in [1.29, 1.82) is 0 Å². The number of esters is 4. The summed E-state index contributed by atoms with van der Waals surface area (Å²) in [5.74, 6) is -6.45. The minimum Gasteiger partial charge on any atom is -0.462 e. The number of hydrogen-bond donors (Lipinski definition) is 2. The van der Waals surface area contributed by atoms with Gasteiger partial charge in [0.05, 0.1) is 11.3 Å². The van der Waals surface area contributed by atoms with Crippen molar-refractivity contribution in [3.8, 4) is 0 Å². The first-order valence-electron chi connectivity index (χ1n) is 12.3. The largest absolute Gasteiger partial charge is 0.462 e. The van der Waals surface area contributed by atoms with E-state index in [2.05, 4.69) is 0 Å². The first kappa shape index (κ1) is 28.8. The molecule has 0 unspecified atom stereocenters. The Balaban J connectivity index is 2.43. The third kappa shape index (κ3) is 4.79. The lowest BCUT2D eigenvalue weighted by Gasteiger charge is -2.58. The smallest absolute Gasteiger partial charge is 0.312 e. The quantitative estimate of drug-likeness (QED) is 0.309. The fraction of sp³-hybridized carbons (Fsp3) is 0.731. The molecule has 1 saturated heterocycles. The van der Waals surface area contributed by atoms with Crippen LogP contribution in [0.1, 0.15) is 67.7 Å². The highest BCUT2D eigenvalue weighted by molar-refractivity contribution is 5.89. The summed E-state index contributed by atoms with van der Waals surface area (Å²) in [6, 6.07) is 0. The van der Waals surface area contributed by atoms with Crippen LogP contribution in [0.4, 0.5) is 0 Å². The zero-order chi connectivity index (χ0) is 28.1. The van der Waals surface area contributed by atoms with E-state index in [1.165, 1.54) is 26.8 Å². The monoisotopic (exact) mass is 524 g/mol. The summed E-state index contributed by atoms with van der Waals surface area (Å²) in [5.41, 5.74) is -5.35. The lowest BCUT2D eigenvalue weighted by atomic mass is 9.51. The van der Waals surface area contributed by atoms with Gasteiger partial charge in [0.1, 0.15) is 23.9 Å². The predicted octanol–water partition coefficient (Wildman–Crippen LogP) is 1.16. The fourth-order valence-electron chi connectivity index (χ4n) is 6.31. The molecule has 9 atom stereocenters. The van der Waals surface area contributed by atoms with Crippen LogP contribution in [0.5, 0.6) is 0 Å². The molecule has 0 spiro atoms. The molecular weight excluding hydrogens is 488 g/mol. The Bertz CT molecular complexity index is 1030. The molecule has 1 heterocycles. The topological polar surface area (TPSA) is 163 Å². The highest BCUT2D eigenvalue weighted by Crippen LogP contribution is 2.57. The van der Waals surface area contributed by atoms with E-state index in [1.807, 2.05) is 0 Å². The average Bonchev–Trinajstić information content (AvgIpc) is 2.97. The van der Waals surface area contributed by atoms with Crippen molar-refractivity contribution in [2.24, 2.45) is 17.3 Å². The van der Waals surface area contributed by atoms with Gasteiger partial charge in [-0.05, 0) is 39.7 Å². The van der Waals surface area contributed by atoms with Crippen LogP contribution in [0.3, 0.4) is 0 Å². The molecule has 0 amide bonds. The first-order chi connectivity index (χ1) is 17.0. The molecule has 1 saturated carbocycles. The van der Waals surface area contributed by atoms with Gasteiger partial charge in [-0.3, -0.25) is 24.0 Å². The van der Waals surface area contributed by atoms with E-state index in [9.17, 15) is 34.2 Å². The molecular formula is C26H36O11. The second kappa shape index (κ2) is 9.83. The summed E-state index contributed by atoms with van der Waals surface area (Å²) in [4.78, 5) is 62.9. The zero-order valence-corrected chi connectivity index (χ0v) is 22.2. The Morgan fingerprint density at radius 3 is 2.05 bits per heavy atom. The molecule has 3 aliphatic rings. The number of ether oxygens (including phenoxy) is 4. The molecule has 2 fully saturated rings. The standard InChI is InChI=1S/C26H36O11/c1-12-8-9-18(34-14(3)27)24(6)19(35-15(4)28)11-17(30)25(7,32)21(24)22(36-16(5)29)26(33)13(2)23(31)37-20(26)10-12/h10,13,18-22,32-33H,8-9,11H2,1-7H3/b12-10-/t13-,18-,19-,20-,21-,22-,24-,25-,26-/m0/s1. The number of Topliss-reactive ketones (excluding diaryl/α,β-unsaturated/α-hetero) is 1. The number of rotatable bonds is 3. The third-order valence-corrected chi connectivity index (χ3v) is 8.25. The second-order valence-corrected chi connectivity index (χ2v) is 10.9. The Labute approximate surface area is 215 Å². The molecule has 0 bridgehead atoms. The predicted molar refractivity (Wildman–Crippen MR) is 125 cm³/mol. The van der Waals surface area contributed by atoms with E-state index in [1.54, 1.807) is 13.8 Å². The zero-order valence-electron chi connectivity index (χ0n) is 22.2. The second-order valence-electron chi connectivity index (χ2n) is 10.9. The van der Waals surface area contributed by atoms with E-state index < -0.39 is 89.0 Å². The molecule has 0 aromatic heterocycles. The van der Waals surface area contributed by atoms with Crippen molar-refractivity contribution in [2.45, 2.75) is 103 Å². The van der Waals surface area contributed by atoms with Crippen LogP contribution in [0.2, 0.25) is 0 Å². The van der Waals surface area contributed by atoms with Crippen molar-refractivity contribution in [2.75, 3.05) is 0 Å². The van der Waals surface area contributed by atoms with Crippen LogP contribution < -0.4 is 0 Å². The van der Waals surface area contributed by atoms with Gasteiger partial charge < -0.3 is 29.2 Å². The van der Waals surface area contributed by atoms with Gasteiger partial charge in [0.15, 0.2) is 17.5 Å². The van der Waals surface area contributed by atoms with Crippen molar-refractivity contribution in [1.82, 2.24) is 0 Å². The summed E-state index contributed by atoms with van der Waals surface area (Å²) in [5, 5.41) is 23.9. The number of aliphatic hydroxyl groups is 2. The molecule has 1 aliphatic heterocycles. The highest BCUT2D eigenvalue weighted by Gasteiger charge is 2.72. The number of ketones is 1. The summed E-state index contributed by atoms with van der Waals surface area (Å²) >= 11 is 0. The molecule has 0 aromatic rings. The van der Waals surface area contributed by atoms with Crippen LogP contribution in [0.15, 0.2) is 11.6 Å². The lowest BCUT2D eigenvalue weighted by molar-refractivity contribution is -0.258. The van der Waals surface area contributed by atoms with Gasteiger partial charge >= 0.3 is 23.9 Å². The molecule has 11 heteroatoms. The van der Waals surface area contributed by atoms with Gasteiger partial charge in [-0.15, -0.1) is 0 Å². The lowest BCUT2D eigenvalue weighted by Crippen LogP contribution is -2.73. The molecule has 206 valence electrons. The molecule has 2 aliphatic carbocycles. The first-order valence-corrected chi connectivity index (χ1v) is 12.3. The Hall–Kier alpha value is -2.79. The SMILES string of the molecule is CC(=O)O[C@H]1CC/C(C)=C\[C@@H]2OC(=O)[C@H](C)[C@@]2(O)[C@@H](OC(C)=O)[C@H]2[C@]1(C)[C@@H](OC(C)=O)CC(=O)[C@]2(C)O. The summed E-state index contributed by atoms with van der Waals surface area (Å²) < 4.78 is 22.5. The van der Waals surface area contributed by atoms with Crippen molar-refractivity contribution >= 4 is 29.7 Å². The van der Waals surface area contributed by atoms with Gasteiger partial charge in [-0.1, -0.05) is 12.5 Å². The van der Waals surface area contributed by atoms with Gasteiger partial charge in [0.25, 0.3) is 0 Å². The Kier molecular flexibility index (Phi) is 7.64. The number of hydrogen-bond acceptors (Lipinski definition) is 11. The molecule has 0 aromatic carbocycles. The van der Waals surface area contributed by atoms with Crippen LogP contribution in [-0.4, -0.2) is 75.5 Å². The van der Waals surface area contributed by atoms with Crippen LogP contribution >= 0.6 is 0 Å². The maximum absolute atomic E-state index is 13.3. The minimum absolute atomic E-state index is 0.179. The van der Waals surface area contributed by atoms with E-state index in [0.717, 1.165) is 13.8 Å². The number of carbonyl (C=O) groups is 5. The maximum atomic E-state index is 13.3. The van der Waals surface area contributed by atoms with Gasteiger partial charge in [-0.25, -0.2) is 0 Å². The van der Waals surface area contributed by atoms with E-state index >= 15 is 0 Å². The minimum atomic E-state index is -2.26. The van der Waals surface area contributed by atoms with Gasteiger partial charge in [-0.2, -0.15) is 0 Å². The molecule has 3 rings (SSSR count). The van der Waals surface area contributed by atoms with Crippen LogP contribution in [0, 0.1) is 17.3 Å². The summed E-state index contributed by atoms with van der Waals surface area (Å²) in [6.45, 7) is 9.37. The molecule has 2 N–H and O–H groups in total. The fourth-order valence-corrected chi connectivity index (χ4v) is 6.31. The molecule has 37 heavy (non-hydrogen) atoms. The number of fused-ring (bicyclic) bond motifs is 2. The Morgan fingerprint density at radius 1 is 0.973 bits per heavy atom. The van der Waals surface area contributed by atoms with E-state index in [-0.39, 0.29) is 6.42 Å². The van der Waals surface area contributed by atoms with Crippen molar-refractivity contribution < 1.29 is 53.1 Å². The van der Waals surface area contributed by atoms with E-state index in [4.69, 9.17) is 18.9 Å². The van der Waals surface area contributed by atoms with Gasteiger partial charge in [0.2, 0.25) is 0 Å². The molecule has 0 radical (unpaired) electrons. The van der Waals surface area contributed by atoms with Crippen molar-refractivity contribution in [3.63, 3.8) is 0 Å². The number of carbonyl (C=O) groups excluding carboxylic acids is 5. The highest BCUT2D eigenvalue weighted by atomic mass is 16.6. The average molecular weight is 525 g/mol. The maximum Gasteiger partial charge on any atom is 0.312 e. The number of allylic oxidation sites excluding steroid dienone is 1. The summed E-state index contributed by atoms with van der Waals surface area (Å²) in [6.07, 6.45) is -3.62. The molecule has 11 nitrogen and oxygen atoms in total. The van der Waals surface area contributed by atoms with Crippen LogP contribution in [0.25, 0.3) is 0 Å². The third-order valence-electron chi connectivity index (χ3n) is 8.25.